The summed E-state index contributed by atoms with van der Waals surface area (Å²) >= 11 is 0. The van der Waals surface area contributed by atoms with Gasteiger partial charge in [-0.2, -0.15) is 0 Å². The molecule has 19 heavy (non-hydrogen) atoms. The zero-order chi connectivity index (χ0) is 13.5. The van der Waals surface area contributed by atoms with Gasteiger partial charge >= 0.3 is 0 Å². The maximum Gasteiger partial charge on any atom is 0.181 e. The number of hydrogen-bond acceptors (Lipinski definition) is 1. The van der Waals surface area contributed by atoms with Gasteiger partial charge in [-0.15, -0.1) is 0 Å². The van der Waals surface area contributed by atoms with Gasteiger partial charge in [0.25, 0.3) is 0 Å². The van der Waals surface area contributed by atoms with Gasteiger partial charge in [0, 0.05) is 0 Å². The molecule has 0 atom stereocenters. The van der Waals surface area contributed by atoms with Crippen molar-refractivity contribution in [3.8, 4) is 0 Å². The van der Waals surface area contributed by atoms with Crippen molar-refractivity contribution in [1.82, 2.24) is 0 Å². The highest BCUT2D eigenvalue weighted by Crippen LogP contribution is 2.08. The third-order valence-corrected chi connectivity index (χ3v) is 2.80. The predicted octanol–water partition coefficient (Wildman–Crippen LogP) is 4.37. The molecule has 0 radical (unpaired) electrons. The molecule has 0 aromatic heterocycles. The van der Waals surface area contributed by atoms with E-state index in [2.05, 4.69) is 0 Å². The second kappa shape index (κ2) is 6.50. The lowest BCUT2D eigenvalue weighted by Gasteiger charge is -1.97. The first-order chi connectivity index (χ1) is 9.25. The molecule has 0 heterocycles. The summed E-state index contributed by atoms with van der Waals surface area (Å²) in [7, 11) is 0. The van der Waals surface area contributed by atoms with E-state index in [0.717, 1.165) is 16.7 Å². The summed E-state index contributed by atoms with van der Waals surface area (Å²) in [6.07, 6.45) is 5.35. The fraction of sp³-hybridized carbons (Fsp3) is 0.0556. The zero-order valence-corrected chi connectivity index (χ0v) is 10.9. The van der Waals surface area contributed by atoms with Crippen LogP contribution in [0.3, 0.4) is 0 Å². The van der Waals surface area contributed by atoms with Gasteiger partial charge in [-0.05, 0) is 35.8 Å². The molecule has 94 valence electrons. The lowest BCUT2D eigenvalue weighted by molar-refractivity contribution is -0.111. The molecule has 0 saturated carbocycles. The van der Waals surface area contributed by atoms with Crippen molar-refractivity contribution in [2.24, 2.45) is 0 Å². The Balaban J connectivity index is 2.08. The second-order valence-electron chi connectivity index (χ2n) is 4.35. The normalized spacial score (nSPS) is 11.7. The number of allylic oxidation sites excluding steroid dienone is 2. The fourth-order valence-corrected chi connectivity index (χ4v) is 1.74. The van der Waals surface area contributed by atoms with Crippen molar-refractivity contribution in [2.45, 2.75) is 6.92 Å². The Labute approximate surface area is 113 Å². The first-order valence-corrected chi connectivity index (χ1v) is 6.26. The second-order valence-corrected chi connectivity index (χ2v) is 4.35. The Morgan fingerprint density at radius 2 is 1.37 bits per heavy atom. The quantitative estimate of drug-likeness (QED) is 0.734. The van der Waals surface area contributed by atoms with Gasteiger partial charge in [0.1, 0.15) is 0 Å². The van der Waals surface area contributed by atoms with Crippen molar-refractivity contribution in [3.63, 3.8) is 0 Å². The number of rotatable bonds is 4. The molecule has 2 rings (SSSR count). The first-order valence-electron chi connectivity index (χ1n) is 6.26. The van der Waals surface area contributed by atoms with Crippen molar-refractivity contribution in [3.05, 3.63) is 83.4 Å². The van der Waals surface area contributed by atoms with E-state index in [-0.39, 0.29) is 5.78 Å². The fourth-order valence-electron chi connectivity index (χ4n) is 1.74. The minimum absolute atomic E-state index is 0.0349. The van der Waals surface area contributed by atoms with Crippen LogP contribution >= 0.6 is 0 Å². The summed E-state index contributed by atoms with van der Waals surface area (Å²) in [4.78, 5) is 12.0. The molecule has 0 spiro atoms. The van der Waals surface area contributed by atoms with Gasteiger partial charge in [0.05, 0.1) is 0 Å². The maximum atomic E-state index is 12.0. The maximum absolute atomic E-state index is 12.0. The standard InChI is InChI=1S/C18H16O/c1-15(14-17-10-6-3-7-11-17)18(19)13-12-16-8-4-2-5-9-16/h2-14H,1H3/b13-12+,15-14+. The van der Waals surface area contributed by atoms with Gasteiger partial charge < -0.3 is 0 Å². The van der Waals surface area contributed by atoms with Crippen LogP contribution in [0.25, 0.3) is 12.2 Å². The molecule has 0 amide bonds. The number of ketones is 1. The van der Waals surface area contributed by atoms with E-state index in [0.29, 0.717) is 0 Å². The Kier molecular flexibility index (Phi) is 4.46. The summed E-state index contributed by atoms with van der Waals surface area (Å²) in [5.41, 5.74) is 2.81. The van der Waals surface area contributed by atoms with Gasteiger partial charge in [0.2, 0.25) is 0 Å². The minimum Gasteiger partial charge on any atom is -0.290 e. The lowest BCUT2D eigenvalue weighted by Crippen LogP contribution is -1.93. The minimum atomic E-state index is 0.0349. The molecule has 0 saturated heterocycles. The van der Waals surface area contributed by atoms with Gasteiger partial charge in [-0.1, -0.05) is 66.7 Å². The van der Waals surface area contributed by atoms with Crippen LogP contribution in [0, 0.1) is 0 Å². The summed E-state index contributed by atoms with van der Waals surface area (Å²) in [5, 5.41) is 0. The molecule has 0 aliphatic rings. The highest BCUT2D eigenvalue weighted by atomic mass is 16.1. The van der Waals surface area contributed by atoms with E-state index < -0.39 is 0 Å². The molecule has 1 heteroatoms. The van der Waals surface area contributed by atoms with Crippen LogP contribution in [-0.4, -0.2) is 5.78 Å². The molecule has 0 bridgehead atoms. The van der Waals surface area contributed by atoms with Crippen molar-refractivity contribution >= 4 is 17.9 Å². The number of carbonyl (C=O) groups excluding carboxylic acids is 1. The Bertz CT molecular complexity index is 592. The molecular weight excluding hydrogens is 232 g/mol. The van der Waals surface area contributed by atoms with Gasteiger partial charge in [0.15, 0.2) is 5.78 Å². The Hall–Kier alpha value is -2.41. The SMILES string of the molecule is C/C(=C\c1ccccc1)C(=O)/C=C/c1ccccc1. The van der Waals surface area contributed by atoms with Crippen molar-refractivity contribution in [2.75, 3.05) is 0 Å². The highest BCUT2D eigenvalue weighted by Gasteiger charge is 1.99. The summed E-state index contributed by atoms with van der Waals surface area (Å²) < 4.78 is 0. The summed E-state index contributed by atoms with van der Waals surface area (Å²) in [6, 6.07) is 19.7. The van der Waals surface area contributed by atoms with E-state index in [4.69, 9.17) is 0 Å². The van der Waals surface area contributed by atoms with Crippen LogP contribution in [-0.2, 0) is 4.79 Å². The van der Waals surface area contributed by atoms with Crippen LogP contribution in [0.1, 0.15) is 18.1 Å². The topological polar surface area (TPSA) is 17.1 Å². The largest absolute Gasteiger partial charge is 0.290 e. The van der Waals surface area contributed by atoms with Gasteiger partial charge in [-0.25, -0.2) is 0 Å². The number of carbonyl (C=O) groups is 1. The van der Waals surface area contributed by atoms with E-state index in [1.165, 1.54) is 0 Å². The first kappa shape index (κ1) is 13.0. The molecule has 0 aliphatic heterocycles. The monoisotopic (exact) mass is 248 g/mol. The summed E-state index contributed by atoms with van der Waals surface area (Å²) in [6.45, 7) is 1.84. The highest BCUT2D eigenvalue weighted by molar-refractivity contribution is 6.08. The number of benzene rings is 2. The molecule has 2 aromatic rings. The van der Waals surface area contributed by atoms with Crippen LogP contribution < -0.4 is 0 Å². The molecule has 2 aromatic carbocycles. The zero-order valence-electron chi connectivity index (χ0n) is 10.9. The Morgan fingerprint density at radius 1 is 0.842 bits per heavy atom. The average Bonchev–Trinajstić information content (AvgIpc) is 2.47. The molecule has 0 fully saturated rings. The molecule has 0 aliphatic carbocycles. The lowest BCUT2D eigenvalue weighted by atomic mass is 10.1. The third kappa shape index (κ3) is 4.07. The molecule has 1 nitrogen and oxygen atoms in total. The average molecular weight is 248 g/mol. The summed E-state index contributed by atoms with van der Waals surface area (Å²) in [5.74, 6) is 0.0349. The van der Waals surface area contributed by atoms with Gasteiger partial charge in [-0.3, -0.25) is 4.79 Å². The van der Waals surface area contributed by atoms with Crippen LogP contribution in [0.2, 0.25) is 0 Å². The van der Waals surface area contributed by atoms with E-state index in [9.17, 15) is 4.79 Å². The van der Waals surface area contributed by atoms with Crippen molar-refractivity contribution in [1.29, 1.82) is 0 Å². The van der Waals surface area contributed by atoms with E-state index in [1.54, 1.807) is 6.08 Å². The Morgan fingerprint density at radius 3 is 1.95 bits per heavy atom. The third-order valence-electron chi connectivity index (χ3n) is 2.80. The predicted molar refractivity (Wildman–Crippen MR) is 80.6 cm³/mol. The molecular formula is C18H16O. The number of hydrogen-bond donors (Lipinski definition) is 0. The van der Waals surface area contributed by atoms with Crippen LogP contribution in [0.4, 0.5) is 0 Å². The van der Waals surface area contributed by atoms with Crippen molar-refractivity contribution < 1.29 is 4.79 Å². The molecule has 0 N–H and O–H groups in total. The van der Waals surface area contributed by atoms with Crippen LogP contribution in [0.5, 0.6) is 0 Å². The van der Waals surface area contributed by atoms with Crippen LogP contribution in [0.15, 0.2) is 72.3 Å². The van der Waals surface area contributed by atoms with E-state index >= 15 is 0 Å². The van der Waals surface area contributed by atoms with E-state index in [1.807, 2.05) is 79.7 Å². The molecule has 0 unspecified atom stereocenters. The smallest absolute Gasteiger partial charge is 0.181 e.